The second-order valence-corrected chi connectivity index (χ2v) is 7.60. The molecule has 2 heterocycles. The number of aromatic nitrogens is 2. The molecule has 1 amide bonds. The van der Waals surface area contributed by atoms with Gasteiger partial charge >= 0.3 is 0 Å². The fourth-order valence-corrected chi connectivity index (χ4v) is 3.59. The van der Waals surface area contributed by atoms with E-state index in [-0.39, 0.29) is 11.8 Å². The molecule has 0 bridgehead atoms. The van der Waals surface area contributed by atoms with Crippen LogP contribution < -0.4 is 0 Å². The third-order valence-electron chi connectivity index (χ3n) is 5.58. The fourth-order valence-electron chi connectivity index (χ4n) is 3.59. The van der Waals surface area contributed by atoms with Gasteiger partial charge in [-0.1, -0.05) is 48.5 Å². The van der Waals surface area contributed by atoms with Gasteiger partial charge < -0.3 is 9.42 Å². The van der Waals surface area contributed by atoms with E-state index in [1.807, 2.05) is 11.0 Å². The highest BCUT2D eigenvalue weighted by Crippen LogP contribution is 2.30. The van der Waals surface area contributed by atoms with Gasteiger partial charge in [-0.15, -0.1) is 0 Å². The van der Waals surface area contributed by atoms with Gasteiger partial charge in [0.25, 0.3) is 0 Å². The molecule has 2 aromatic carbocycles. The van der Waals surface area contributed by atoms with Gasteiger partial charge in [0, 0.05) is 25.1 Å². The average Bonchev–Trinajstić information content (AvgIpc) is 3.32. The van der Waals surface area contributed by atoms with Crippen molar-refractivity contribution in [1.29, 1.82) is 0 Å². The molecular formula is C23H25N3O2. The maximum atomic E-state index is 12.5. The van der Waals surface area contributed by atoms with Crippen molar-refractivity contribution in [1.82, 2.24) is 15.0 Å². The number of amides is 1. The number of carbonyl (C=O) groups is 1. The Hall–Kier alpha value is -2.95. The molecule has 1 fully saturated rings. The van der Waals surface area contributed by atoms with Crippen LogP contribution in [0.3, 0.4) is 0 Å². The van der Waals surface area contributed by atoms with E-state index >= 15 is 0 Å². The lowest BCUT2D eigenvalue weighted by molar-refractivity contribution is -0.128. The molecule has 1 aliphatic rings. The fraction of sp³-hybridized carbons (Fsp3) is 0.348. The Balaban J connectivity index is 1.46. The summed E-state index contributed by atoms with van der Waals surface area (Å²) >= 11 is 0. The Morgan fingerprint density at radius 2 is 1.82 bits per heavy atom. The number of hydrogen-bond acceptors (Lipinski definition) is 4. The Morgan fingerprint density at radius 1 is 1.07 bits per heavy atom. The molecule has 28 heavy (non-hydrogen) atoms. The van der Waals surface area contributed by atoms with Crippen LogP contribution in [-0.4, -0.2) is 27.5 Å². The Kier molecular flexibility index (Phi) is 4.99. The largest absolute Gasteiger partial charge is 0.339 e. The van der Waals surface area contributed by atoms with E-state index in [1.54, 1.807) is 0 Å². The molecule has 1 saturated heterocycles. The van der Waals surface area contributed by atoms with Crippen LogP contribution in [0.1, 0.15) is 47.4 Å². The first kappa shape index (κ1) is 18.4. The van der Waals surface area contributed by atoms with Gasteiger partial charge in [0.1, 0.15) is 0 Å². The maximum absolute atomic E-state index is 12.5. The van der Waals surface area contributed by atoms with Crippen LogP contribution in [0, 0.1) is 13.8 Å². The van der Waals surface area contributed by atoms with Crippen LogP contribution in [0.15, 0.2) is 47.0 Å². The second kappa shape index (κ2) is 7.58. The van der Waals surface area contributed by atoms with Gasteiger partial charge in [-0.05, 0) is 48.6 Å². The lowest BCUT2D eigenvalue weighted by Crippen LogP contribution is -2.24. The van der Waals surface area contributed by atoms with Gasteiger partial charge in [0.05, 0.1) is 5.92 Å². The number of benzene rings is 2. The van der Waals surface area contributed by atoms with Crippen molar-refractivity contribution in [3.8, 4) is 11.4 Å². The quantitative estimate of drug-likeness (QED) is 0.662. The van der Waals surface area contributed by atoms with E-state index in [0.717, 1.165) is 17.5 Å². The van der Waals surface area contributed by atoms with Crippen molar-refractivity contribution in [2.75, 3.05) is 6.54 Å². The summed E-state index contributed by atoms with van der Waals surface area (Å²) in [6.45, 7) is 7.52. The highest BCUT2D eigenvalue weighted by atomic mass is 16.5. The minimum absolute atomic E-state index is 0.0461. The molecule has 0 saturated carbocycles. The summed E-state index contributed by atoms with van der Waals surface area (Å²) in [7, 11) is 0. The number of likely N-dealkylation sites (tertiary alicyclic amines) is 1. The number of aryl methyl sites for hydroxylation is 3. The number of nitrogens with zero attached hydrogens (tertiary/aromatic N) is 3. The van der Waals surface area contributed by atoms with E-state index in [2.05, 4.69) is 67.3 Å². The third kappa shape index (κ3) is 3.70. The summed E-state index contributed by atoms with van der Waals surface area (Å²) in [6.07, 6.45) is 1.44. The van der Waals surface area contributed by atoms with E-state index in [9.17, 15) is 4.79 Å². The first-order valence-electron chi connectivity index (χ1n) is 9.80. The zero-order valence-electron chi connectivity index (χ0n) is 16.6. The van der Waals surface area contributed by atoms with E-state index in [0.29, 0.717) is 31.2 Å². The number of hydrogen-bond donors (Lipinski definition) is 0. The Morgan fingerprint density at radius 3 is 2.54 bits per heavy atom. The molecule has 5 heteroatoms. The zero-order valence-corrected chi connectivity index (χ0v) is 16.6. The Labute approximate surface area is 165 Å². The highest BCUT2D eigenvalue weighted by Gasteiger charge is 2.34. The first-order chi connectivity index (χ1) is 13.5. The van der Waals surface area contributed by atoms with Crippen LogP contribution in [-0.2, 0) is 17.8 Å². The van der Waals surface area contributed by atoms with E-state index < -0.39 is 0 Å². The van der Waals surface area contributed by atoms with E-state index in [4.69, 9.17) is 4.52 Å². The summed E-state index contributed by atoms with van der Waals surface area (Å²) in [5.74, 6) is 1.22. The minimum atomic E-state index is -0.0461. The predicted octanol–water partition coefficient (Wildman–Crippen LogP) is 4.43. The summed E-state index contributed by atoms with van der Waals surface area (Å²) in [5, 5.41) is 4.14. The first-order valence-corrected chi connectivity index (χ1v) is 9.80. The van der Waals surface area contributed by atoms with Crippen LogP contribution in [0.5, 0.6) is 0 Å². The SMILES string of the molecule is CCc1ccc(CN2CC(c3nc(-c4ccc(C)c(C)c4)no3)CC2=O)cc1. The minimum Gasteiger partial charge on any atom is -0.339 e. The maximum Gasteiger partial charge on any atom is 0.232 e. The van der Waals surface area contributed by atoms with Crippen molar-refractivity contribution < 1.29 is 9.32 Å². The lowest BCUT2D eigenvalue weighted by atomic mass is 10.1. The average molecular weight is 375 g/mol. The van der Waals surface area contributed by atoms with Gasteiger partial charge in [0.2, 0.25) is 17.6 Å². The molecule has 3 aromatic rings. The highest BCUT2D eigenvalue weighted by molar-refractivity contribution is 5.79. The number of rotatable bonds is 5. The Bertz CT molecular complexity index is 991. The molecule has 1 unspecified atom stereocenters. The van der Waals surface area contributed by atoms with Crippen molar-refractivity contribution in [2.24, 2.45) is 0 Å². The third-order valence-corrected chi connectivity index (χ3v) is 5.58. The van der Waals surface area contributed by atoms with Crippen LogP contribution in [0.2, 0.25) is 0 Å². The topological polar surface area (TPSA) is 59.2 Å². The molecule has 0 aliphatic carbocycles. The molecular weight excluding hydrogens is 350 g/mol. The zero-order chi connectivity index (χ0) is 19.7. The van der Waals surface area contributed by atoms with Crippen molar-refractivity contribution >= 4 is 5.91 Å². The summed E-state index contributed by atoms with van der Waals surface area (Å²) in [5.41, 5.74) is 5.82. The molecule has 0 spiro atoms. The van der Waals surface area contributed by atoms with Gasteiger partial charge in [-0.2, -0.15) is 4.98 Å². The standard InChI is InChI=1S/C23H25N3O2/c1-4-17-6-8-18(9-7-17)13-26-14-20(12-21(26)27)23-24-22(25-28-23)19-10-5-15(2)16(3)11-19/h5-11,20H,4,12-14H2,1-3H3. The normalized spacial score (nSPS) is 16.8. The summed E-state index contributed by atoms with van der Waals surface area (Å²) in [6, 6.07) is 14.6. The van der Waals surface area contributed by atoms with Crippen molar-refractivity contribution in [3.63, 3.8) is 0 Å². The van der Waals surface area contributed by atoms with E-state index in [1.165, 1.54) is 16.7 Å². The molecule has 4 rings (SSSR count). The van der Waals surface area contributed by atoms with Crippen molar-refractivity contribution in [2.45, 2.75) is 46.1 Å². The second-order valence-electron chi connectivity index (χ2n) is 7.60. The van der Waals surface area contributed by atoms with Crippen molar-refractivity contribution in [3.05, 3.63) is 70.6 Å². The molecule has 1 aromatic heterocycles. The molecule has 144 valence electrons. The predicted molar refractivity (Wildman–Crippen MR) is 108 cm³/mol. The van der Waals surface area contributed by atoms with Crippen LogP contribution in [0.4, 0.5) is 0 Å². The molecule has 5 nitrogen and oxygen atoms in total. The molecule has 0 N–H and O–H groups in total. The number of carbonyl (C=O) groups excluding carboxylic acids is 1. The smallest absolute Gasteiger partial charge is 0.232 e. The lowest BCUT2D eigenvalue weighted by Gasteiger charge is -2.16. The molecule has 0 radical (unpaired) electrons. The molecule has 1 aliphatic heterocycles. The summed E-state index contributed by atoms with van der Waals surface area (Å²) < 4.78 is 5.51. The summed E-state index contributed by atoms with van der Waals surface area (Å²) in [4.78, 5) is 18.9. The van der Waals surface area contributed by atoms with Crippen LogP contribution in [0.25, 0.3) is 11.4 Å². The monoisotopic (exact) mass is 375 g/mol. The van der Waals surface area contributed by atoms with Crippen LogP contribution >= 0.6 is 0 Å². The van der Waals surface area contributed by atoms with Gasteiger partial charge in [0.15, 0.2) is 0 Å². The van der Waals surface area contributed by atoms with Gasteiger partial charge in [-0.3, -0.25) is 4.79 Å². The van der Waals surface area contributed by atoms with Gasteiger partial charge in [-0.25, -0.2) is 0 Å². The molecule has 1 atom stereocenters.